The van der Waals surface area contributed by atoms with Crippen LogP contribution in [0.4, 0.5) is 34.1 Å². The minimum Gasteiger partial charge on any atom is -0.452 e. The van der Waals surface area contributed by atoms with E-state index in [2.05, 4.69) is 290 Å². The van der Waals surface area contributed by atoms with E-state index >= 15 is 0 Å². The van der Waals surface area contributed by atoms with E-state index in [0.717, 1.165) is 88.4 Å². The number of nitriles is 2. The first kappa shape index (κ1) is 53.8. The molecule has 1 atom stereocenters. The van der Waals surface area contributed by atoms with Crippen LogP contribution in [0.3, 0.4) is 0 Å². The van der Waals surface area contributed by atoms with Gasteiger partial charge in [-0.05, 0) is 30.3 Å². The Morgan fingerprint density at radius 3 is 1.34 bits per heavy atom. The van der Waals surface area contributed by atoms with Gasteiger partial charge < -0.3 is 9.32 Å². The van der Waals surface area contributed by atoms with Gasteiger partial charge in [-0.15, -0.1) is 0 Å². The quantitative estimate of drug-likeness (QED) is 0.141. The summed E-state index contributed by atoms with van der Waals surface area (Å²) in [5.74, 6) is 0. The Morgan fingerprint density at radius 1 is 0.391 bits per heavy atom. The van der Waals surface area contributed by atoms with Crippen LogP contribution in [-0.4, -0.2) is 20.7 Å². The summed E-state index contributed by atoms with van der Waals surface area (Å²) < 4.78 is 16.7. The molecular weight excluding hydrogens is 1160 g/mol. The number of fused-ring (bicyclic) bond motifs is 22. The first-order valence-electron chi connectivity index (χ1n) is 31.9. The Hall–Kier alpha value is -11.2. The molecule has 1 aliphatic carbocycles. The van der Waals surface area contributed by atoms with Gasteiger partial charge in [-0.3, -0.25) is 0 Å². The predicted octanol–water partition coefficient (Wildman–Crippen LogP) is 21.1. The zero-order valence-electron chi connectivity index (χ0n) is 51.8. The summed E-state index contributed by atoms with van der Waals surface area (Å²) in [6.45, 7) is 14.5. The van der Waals surface area contributed by atoms with E-state index in [4.69, 9.17) is 8.83 Å². The van der Waals surface area contributed by atoms with Gasteiger partial charge >= 0.3 is 319 Å². The van der Waals surface area contributed by atoms with Crippen molar-refractivity contribution in [3.8, 4) is 29.0 Å². The summed E-state index contributed by atoms with van der Waals surface area (Å²) in [7, 11) is -3.83. The second kappa shape index (κ2) is 19.4. The Bertz CT molecular complexity index is 5680. The number of hydrogen-bond acceptors (Lipinski definition) is 6. The number of hydrogen-bond donors (Lipinski definition) is 0. The van der Waals surface area contributed by atoms with E-state index in [-0.39, 0.29) is 0 Å². The van der Waals surface area contributed by atoms with Crippen LogP contribution in [0.1, 0.15) is 33.4 Å². The first-order chi connectivity index (χ1) is 44.8. The fourth-order valence-electron chi connectivity index (χ4n) is 15.9. The van der Waals surface area contributed by atoms with E-state index in [1.54, 1.807) is 0 Å². The molecule has 0 saturated heterocycles. The average Bonchev–Trinajstić information content (AvgIpc) is 1.47. The standard InChI is InChI=1S/C83H60N5O2Si2/c1-91(2,3)54-42-38-52(39-43-54)86(72-36-18-30-64-62-28-15-20-50(48-84)79(62)89-81(64)72)74-46-68-76(59-25-9-7-22-56(59)74)77-60-26-10-8-23-57(60)75(47-69(77)83(68)66-32-12-14-35-71(66)88-70-34-13-11-24-58(70)61-27-17-33-67(83)78(61)88)87(53-40-44-55(45-41-53)92(4,5)6)73-37-19-31-65-63-29-16-21-51(49-85)80(63)90-82(65)73/h7-47,91H,1-6H3/q-1. The second-order valence-corrected chi connectivity index (χ2v) is 38.2. The fraction of sp³-hybridized carbons (Fsp3) is 0.0843. The molecule has 7 nitrogen and oxygen atoms in total. The van der Waals surface area contributed by atoms with Gasteiger partial charge in [0.2, 0.25) is 0 Å². The molecule has 0 saturated carbocycles. The first-order valence-corrected chi connectivity index (χ1v) is 39.4. The van der Waals surface area contributed by atoms with Crippen molar-refractivity contribution < 1.29 is 8.83 Å². The van der Waals surface area contributed by atoms with E-state index < -0.39 is 21.6 Å². The maximum absolute atomic E-state index is 10.5. The molecule has 4 heterocycles. The van der Waals surface area contributed by atoms with E-state index in [1.165, 1.54) is 60.0 Å². The fourth-order valence-corrected chi connectivity index (χ4v) is 18.4. The van der Waals surface area contributed by atoms with Crippen LogP contribution in [0.15, 0.2) is 258 Å². The molecule has 0 N–H and O–H groups in total. The van der Waals surface area contributed by atoms with Crippen LogP contribution in [0.25, 0.3) is 104 Å². The van der Waals surface area contributed by atoms with Crippen LogP contribution in [0, 0.1) is 22.7 Å². The molecule has 1 aliphatic heterocycles. The molecule has 9 heteroatoms. The van der Waals surface area contributed by atoms with Crippen molar-refractivity contribution in [2.45, 2.75) is 44.7 Å². The van der Waals surface area contributed by atoms with Crippen LogP contribution in [-0.2, 0) is 5.41 Å². The van der Waals surface area contributed by atoms with Crippen molar-refractivity contribution in [2.75, 3.05) is 9.80 Å². The van der Waals surface area contributed by atoms with Gasteiger partial charge in [0.15, 0.2) is 11.2 Å². The van der Waals surface area contributed by atoms with Gasteiger partial charge in [-0.1, -0.05) is 110 Å². The van der Waals surface area contributed by atoms with Gasteiger partial charge in [0.1, 0.15) is 6.07 Å². The monoisotopic (exact) mass is 1210 g/mol. The van der Waals surface area contributed by atoms with Crippen molar-refractivity contribution in [1.29, 1.82) is 10.5 Å². The Balaban J connectivity index is 1.02. The summed E-state index contributed by atoms with van der Waals surface area (Å²) >= 11 is 0. The maximum Gasteiger partial charge on any atom is 0.159 e. The van der Waals surface area contributed by atoms with Gasteiger partial charge in [-0.2, -0.15) is 5.26 Å². The number of para-hydroxylation sites is 7. The van der Waals surface area contributed by atoms with E-state index in [9.17, 15) is 10.5 Å². The topological polar surface area (TPSA) is 85.3 Å². The third-order valence-electron chi connectivity index (χ3n) is 20.1. The molecule has 1 unspecified atom stereocenters. The molecule has 0 amide bonds. The van der Waals surface area contributed by atoms with Crippen molar-refractivity contribution >= 4 is 148 Å². The molecule has 2 aliphatic rings. The van der Waals surface area contributed by atoms with Crippen molar-refractivity contribution in [3.05, 3.63) is 282 Å². The number of furan rings is 2. The third kappa shape index (κ3) is 7.35. The summed E-state index contributed by atoms with van der Waals surface area (Å²) in [6.07, 6.45) is 0. The van der Waals surface area contributed by atoms with Gasteiger partial charge in [-0.25, -0.2) is 0 Å². The predicted molar refractivity (Wildman–Crippen MR) is 387 cm³/mol. The molecular formula is C83H60N5O2Si2-. The molecule has 16 aromatic rings. The van der Waals surface area contributed by atoms with Gasteiger partial charge in [0, 0.05) is 21.8 Å². The van der Waals surface area contributed by atoms with Crippen molar-refractivity contribution in [2.24, 2.45) is 0 Å². The number of benzene rings is 13. The Kier molecular flexibility index (Phi) is 11.3. The van der Waals surface area contributed by atoms with E-state index in [1.807, 2.05) is 24.3 Å². The number of aromatic nitrogens is 1. The maximum atomic E-state index is 10.5. The molecule has 13 aromatic carbocycles. The molecule has 0 radical (unpaired) electrons. The molecule has 1 spiro atoms. The van der Waals surface area contributed by atoms with E-state index in [0.29, 0.717) is 33.5 Å². The molecule has 3 aromatic heterocycles. The summed E-state index contributed by atoms with van der Waals surface area (Å²) in [5, 5.41) is 34.3. The van der Waals surface area contributed by atoms with Gasteiger partial charge in [0.25, 0.3) is 0 Å². The third-order valence-corrected chi connectivity index (χ3v) is 24.6. The van der Waals surface area contributed by atoms with Crippen LogP contribution >= 0.6 is 0 Å². The SMILES string of the molecule is C[Si](C)(C)c1ccc(N(c2cc3c(c4ccccc24)-c2c(cc(N(c4ccc([SiH-](C)(C)C)cc4)c4cccc5c4oc4c(C#N)cccc45)c4ccccc24)C32c3ccccc3-n3c4ccccc4c4cccc2c43)c2cccc3c2oc2c(C#N)cccc23)cc1. The number of nitrogens with zero attached hydrogens (tertiary/aromatic N) is 5. The molecule has 438 valence electrons. The van der Waals surface area contributed by atoms with Crippen LogP contribution < -0.4 is 20.2 Å². The normalized spacial score (nSPS) is 14.4. The van der Waals surface area contributed by atoms with Crippen molar-refractivity contribution in [3.63, 3.8) is 0 Å². The molecule has 18 rings (SSSR count). The number of rotatable bonds is 8. The van der Waals surface area contributed by atoms with Crippen molar-refractivity contribution in [1.82, 2.24) is 4.57 Å². The molecule has 0 fully saturated rings. The summed E-state index contributed by atoms with van der Waals surface area (Å²) in [4.78, 5) is 4.86. The largest absolute Gasteiger partial charge is 0.452 e. The summed E-state index contributed by atoms with van der Waals surface area (Å²) in [5.41, 5.74) is 18.9. The minimum absolute atomic E-state index is 0.498. The Morgan fingerprint density at radius 2 is 0.815 bits per heavy atom. The summed E-state index contributed by atoms with van der Waals surface area (Å²) in [6, 6.07) is 96.1. The smallest absolute Gasteiger partial charge is 0.159 e. The Labute approximate surface area is 534 Å². The van der Waals surface area contributed by atoms with Crippen LogP contribution in [0.5, 0.6) is 0 Å². The minimum atomic E-state index is -2.08. The molecule has 92 heavy (non-hydrogen) atoms. The van der Waals surface area contributed by atoms with Crippen LogP contribution in [0.2, 0.25) is 39.3 Å². The zero-order chi connectivity index (χ0) is 62.1. The zero-order valence-corrected chi connectivity index (χ0v) is 54.0. The number of anilines is 6. The van der Waals surface area contributed by atoms with Gasteiger partial charge in [0.05, 0.1) is 24.8 Å². The molecule has 0 bridgehead atoms. The average molecular weight is 1220 g/mol. The second-order valence-electron chi connectivity index (χ2n) is 27.3.